The van der Waals surface area contributed by atoms with Gasteiger partial charge >= 0.3 is 0 Å². The van der Waals surface area contributed by atoms with Gasteiger partial charge in [0.1, 0.15) is 11.4 Å². The van der Waals surface area contributed by atoms with Gasteiger partial charge in [-0.25, -0.2) is 4.98 Å². The Bertz CT molecular complexity index is 1520. The predicted molar refractivity (Wildman–Crippen MR) is 131 cm³/mol. The van der Waals surface area contributed by atoms with E-state index in [0.29, 0.717) is 33.7 Å². The van der Waals surface area contributed by atoms with Gasteiger partial charge in [0.25, 0.3) is 5.91 Å². The van der Waals surface area contributed by atoms with Crippen molar-refractivity contribution in [1.29, 1.82) is 0 Å². The topological polar surface area (TPSA) is 91.1 Å². The van der Waals surface area contributed by atoms with E-state index in [1.54, 1.807) is 36.5 Å². The van der Waals surface area contributed by atoms with Crippen LogP contribution in [-0.4, -0.2) is 32.2 Å². The van der Waals surface area contributed by atoms with E-state index < -0.39 is 11.9 Å². The molecule has 178 valence electrons. The number of aromatic nitrogens is 1. The number of rotatable bonds is 5. The van der Waals surface area contributed by atoms with Crippen molar-refractivity contribution in [2.24, 2.45) is 0 Å². The van der Waals surface area contributed by atoms with Crippen molar-refractivity contribution in [2.45, 2.75) is 13.0 Å². The molecule has 9 heteroatoms. The fourth-order valence-corrected chi connectivity index (χ4v) is 4.58. The van der Waals surface area contributed by atoms with Crippen LogP contribution < -0.4 is 24.5 Å². The molecule has 8 nitrogen and oxygen atoms in total. The van der Waals surface area contributed by atoms with Crippen molar-refractivity contribution in [3.63, 3.8) is 0 Å². The summed E-state index contributed by atoms with van der Waals surface area (Å²) in [5, 5.41) is 0.663. The number of hydrogen-bond donors (Lipinski definition) is 0. The maximum Gasteiger partial charge on any atom is 0.296 e. The molecule has 1 aliphatic heterocycles. The van der Waals surface area contributed by atoms with Crippen LogP contribution in [-0.2, 0) is 0 Å². The average molecular weight is 493 g/mol. The van der Waals surface area contributed by atoms with Gasteiger partial charge < -0.3 is 18.6 Å². The van der Waals surface area contributed by atoms with Gasteiger partial charge in [0.15, 0.2) is 16.9 Å². The van der Waals surface area contributed by atoms with Gasteiger partial charge in [-0.3, -0.25) is 14.5 Å². The molecule has 2 aromatic heterocycles. The van der Waals surface area contributed by atoms with Gasteiger partial charge in [-0.1, -0.05) is 11.6 Å². The number of fused-ring (bicyclic) bond motifs is 2. The number of nitrogens with zero attached hydrogens (tertiary/aromatic N) is 2. The summed E-state index contributed by atoms with van der Waals surface area (Å²) < 4.78 is 22.5. The Labute approximate surface area is 205 Å². The van der Waals surface area contributed by atoms with Gasteiger partial charge in [0, 0.05) is 11.2 Å². The lowest BCUT2D eigenvalue weighted by molar-refractivity contribution is 0.0970. The van der Waals surface area contributed by atoms with E-state index in [4.69, 9.17) is 30.2 Å². The first-order chi connectivity index (χ1) is 16.9. The molecule has 0 bridgehead atoms. The van der Waals surface area contributed by atoms with E-state index in [2.05, 4.69) is 4.98 Å². The monoisotopic (exact) mass is 492 g/mol. The number of aryl methyl sites for hydroxylation is 1. The second-order valence-corrected chi connectivity index (χ2v) is 8.48. The van der Waals surface area contributed by atoms with E-state index in [-0.39, 0.29) is 27.7 Å². The summed E-state index contributed by atoms with van der Waals surface area (Å²) in [6.45, 7) is 1.90. The van der Waals surface area contributed by atoms with E-state index in [1.807, 2.05) is 13.0 Å². The first kappa shape index (κ1) is 22.7. The number of anilines is 1. The molecule has 1 atom stereocenters. The number of carbonyl (C=O) groups is 1. The van der Waals surface area contributed by atoms with Crippen molar-refractivity contribution >= 4 is 34.3 Å². The Morgan fingerprint density at radius 1 is 0.971 bits per heavy atom. The zero-order chi connectivity index (χ0) is 24.9. The Morgan fingerprint density at radius 2 is 1.69 bits per heavy atom. The number of carbonyl (C=O) groups excluding carboxylic acids is 1. The maximum absolute atomic E-state index is 13.8. The van der Waals surface area contributed by atoms with Crippen molar-refractivity contribution in [3.05, 3.63) is 86.4 Å². The molecule has 5 rings (SSSR count). The van der Waals surface area contributed by atoms with Crippen LogP contribution >= 0.6 is 11.6 Å². The molecule has 0 aliphatic carbocycles. The summed E-state index contributed by atoms with van der Waals surface area (Å²) in [6.07, 6.45) is 1.61. The average Bonchev–Trinajstić information content (AvgIpc) is 3.16. The minimum absolute atomic E-state index is 0.0492. The zero-order valence-corrected chi connectivity index (χ0v) is 20.2. The second-order valence-electron chi connectivity index (χ2n) is 8.04. The van der Waals surface area contributed by atoms with Crippen LogP contribution in [0.5, 0.6) is 17.2 Å². The third kappa shape index (κ3) is 3.57. The summed E-state index contributed by atoms with van der Waals surface area (Å²) >= 11 is 6.16. The number of hydrogen-bond acceptors (Lipinski definition) is 7. The third-order valence-electron chi connectivity index (χ3n) is 5.98. The minimum Gasteiger partial charge on any atom is -0.493 e. The highest BCUT2D eigenvalue weighted by Crippen LogP contribution is 2.46. The fraction of sp³-hybridized carbons (Fsp3) is 0.192. The number of amides is 1. The maximum atomic E-state index is 13.8. The van der Waals surface area contributed by atoms with E-state index in [1.165, 1.54) is 32.3 Å². The molecule has 0 radical (unpaired) electrons. The van der Waals surface area contributed by atoms with Crippen molar-refractivity contribution < 1.29 is 23.4 Å². The molecule has 2 aromatic carbocycles. The molecule has 0 spiro atoms. The van der Waals surface area contributed by atoms with Crippen LogP contribution in [0, 0.1) is 6.92 Å². The number of halogens is 1. The quantitative estimate of drug-likeness (QED) is 0.390. The molecule has 0 saturated heterocycles. The number of pyridine rings is 1. The minimum atomic E-state index is -0.861. The Balaban J connectivity index is 1.85. The third-order valence-corrected chi connectivity index (χ3v) is 6.22. The smallest absolute Gasteiger partial charge is 0.296 e. The standard InChI is InChI=1S/C26H21ClN2O6/c1-13-7-8-28-20(9-13)29-22(14-10-18(32-2)24(34-4)19(11-14)33-3)21-23(30)16-12-15(27)5-6-17(16)35-25(21)26(29)31/h5-12,22H,1-4H3/t22-/m1/s1. The Hall–Kier alpha value is -4.04. The number of methoxy groups -OCH3 is 3. The molecule has 1 amide bonds. The first-order valence-electron chi connectivity index (χ1n) is 10.7. The van der Waals surface area contributed by atoms with E-state index in [9.17, 15) is 9.59 Å². The highest BCUT2D eigenvalue weighted by Gasteiger charge is 2.45. The molecule has 0 fully saturated rings. The van der Waals surface area contributed by atoms with Crippen molar-refractivity contribution in [3.8, 4) is 17.2 Å². The molecule has 1 aliphatic rings. The van der Waals surface area contributed by atoms with Crippen LogP contribution in [0.2, 0.25) is 5.02 Å². The molecular formula is C26H21ClN2O6. The molecule has 0 saturated carbocycles. The Kier molecular flexibility index (Phi) is 5.61. The van der Waals surface area contributed by atoms with Crippen molar-refractivity contribution in [1.82, 2.24) is 4.98 Å². The number of benzene rings is 2. The molecule has 0 N–H and O–H groups in total. The van der Waals surface area contributed by atoms with Gasteiger partial charge in [0.05, 0.1) is 38.3 Å². The normalized spacial score (nSPS) is 14.8. The van der Waals surface area contributed by atoms with Crippen LogP contribution in [0.3, 0.4) is 0 Å². The molecule has 3 heterocycles. The first-order valence-corrected chi connectivity index (χ1v) is 11.1. The van der Waals surface area contributed by atoms with Gasteiger partial charge in [0.2, 0.25) is 11.5 Å². The van der Waals surface area contributed by atoms with Crippen LogP contribution in [0.1, 0.15) is 33.3 Å². The summed E-state index contributed by atoms with van der Waals surface area (Å²) in [5.74, 6) is 1.00. The second kappa shape index (κ2) is 8.63. The molecule has 4 aromatic rings. The predicted octanol–water partition coefficient (Wildman–Crippen LogP) is 4.93. The van der Waals surface area contributed by atoms with E-state index in [0.717, 1.165) is 5.56 Å². The van der Waals surface area contributed by atoms with Gasteiger partial charge in [-0.2, -0.15) is 0 Å². The van der Waals surface area contributed by atoms with Crippen LogP contribution in [0.15, 0.2) is 57.9 Å². The summed E-state index contributed by atoms with van der Waals surface area (Å²) in [5.41, 5.74) is 1.56. The highest BCUT2D eigenvalue weighted by molar-refractivity contribution is 6.31. The van der Waals surface area contributed by atoms with Crippen LogP contribution in [0.25, 0.3) is 11.0 Å². The summed E-state index contributed by atoms with van der Waals surface area (Å²) in [4.78, 5) is 33.4. The lowest BCUT2D eigenvalue weighted by Crippen LogP contribution is -2.30. The molecular weight excluding hydrogens is 472 g/mol. The number of ether oxygens (including phenoxy) is 3. The van der Waals surface area contributed by atoms with E-state index >= 15 is 0 Å². The lowest BCUT2D eigenvalue weighted by atomic mass is 9.97. The summed E-state index contributed by atoms with van der Waals surface area (Å²) in [7, 11) is 4.50. The molecule has 35 heavy (non-hydrogen) atoms. The fourth-order valence-electron chi connectivity index (χ4n) is 4.41. The Morgan fingerprint density at radius 3 is 2.31 bits per heavy atom. The zero-order valence-electron chi connectivity index (χ0n) is 19.4. The van der Waals surface area contributed by atoms with Crippen molar-refractivity contribution in [2.75, 3.05) is 26.2 Å². The van der Waals surface area contributed by atoms with Gasteiger partial charge in [-0.05, 0) is 60.5 Å². The van der Waals surface area contributed by atoms with Gasteiger partial charge in [-0.15, -0.1) is 0 Å². The molecule has 0 unspecified atom stereocenters. The SMILES string of the molecule is COc1cc([C@@H]2c3c(oc4ccc(Cl)cc4c3=O)C(=O)N2c2cc(C)ccn2)cc(OC)c1OC. The highest BCUT2D eigenvalue weighted by atomic mass is 35.5. The van der Waals surface area contributed by atoms with Crippen LogP contribution in [0.4, 0.5) is 5.82 Å². The lowest BCUT2D eigenvalue weighted by Gasteiger charge is -2.25. The summed E-state index contributed by atoms with van der Waals surface area (Å²) in [6, 6.07) is 10.9. The largest absolute Gasteiger partial charge is 0.493 e.